The van der Waals surface area contributed by atoms with Crippen molar-refractivity contribution in [2.24, 2.45) is 4.99 Å². The van der Waals surface area contributed by atoms with Gasteiger partial charge in [0.2, 0.25) is 0 Å². The first kappa shape index (κ1) is 27.4. The molecule has 3 heteroatoms. The minimum atomic E-state index is 0.00249. The van der Waals surface area contributed by atoms with E-state index in [1.807, 2.05) is 6.21 Å². The molecule has 0 radical (unpaired) electrons. The third-order valence-corrected chi connectivity index (χ3v) is 9.75. The lowest BCUT2D eigenvalue weighted by Gasteiger charge is -2.20. The van der Waals surface area contributed by atoms with E-state index in [0.717, 1.165) is 27.3 Å². The van der Waals surface area contributed by atoms with Crippen molar-refractivity contribution in [3.05, 3.63) is 145 Å². The number of fused-ring (bicyclic) bond motifs is 5. The van der Waals surface area contributed by atoms with Crippen LogP contribution in [0.2, 0.25) is 0 Å². The average molecular weight is 597 g/mol. The quantitative estimate of drug-likeness (QED) is 0.147. The molecule has 7 aromatic carbocycles. The molecule has 0 aliphatic rings. The van der Waals surface area contributed by atoms with Crippen molar-refractivity contribution in [3.8, 4) is 21.7 Å². The lowest BCUT2D eigenvalue weighted by Crippen LogP contribution is -2.11. The smallest absolute Gasteiger partial charge is 0.126 e. The van der Waals surface area contributed by atoms with Gasteiger partial charge in [0.25, 0.3) is 0 Å². The third kappa shape index (κ3) is 4.90. The van der Waals surface area contributed by atoms with Crippen molar-refractivity contribution in [3.63, 3.8) is 0 Å². The zero-order valence-corrected chi connectivity index (χ0v) is 26.4. The van der Waals surface area contributed by atoms with Gasteiger partial charge in [0.1, 0.15) is 5.01 Å². The highest BCUT2D eigenvalue weighted by atomic mass is 32.1. The number of rotatable bonds is 4. The minimum absolute atomic E-state index is 0.00249. The highest BCUT2D eigenvalue weighted by Gasteiger charge is 2.21. The first-order valence-electron chi connectivity index (χ1n) is 15.4. The summed E-state index contributed by atoms with van der Waals surface area (Å²) in [7, 11) is 0. The summed E-state index contributed by atoms with van der Waals surface area (Å²) in [6, 6.07) is 47.6. The van der Waals surface area contributed by atoms with E-state index in [9.17, 15) is 0 Å². The van der Waals surface area contributed by atoms with Gasteiger partial charge in [-0.3, -0.25) is 4.99 Å². The fourth-order valence-electron chi connectivity index (χ4n) is 6.34. The van der Waals surface area contributed by atoms with Gasteiger partial charge in [0, 0.05) is 22.9 Å². The standard InChI is InChI=1S/C42H32N2S/c1-42(2,3)30-24-37(35-21-12-15-27-13-4-6-16-31(27)35)40-39(25-30)45-41(44-40)36-20-10-11-22-38(36)43-26-29-23-28-14-5-7-17-32(28)34-19-9-8-18-33(29)34/h4-26H,1-3H3. The number of hydrogen-bond acceptors (Lipinski definition) is 3. The molecule has 0 aliphatic carbocycles. The molecule has 1 aromatic heterocycles. The van der Waals surface area contributed by atoms with Crippen molar-refractivity contribution in [1.29, 1.82) is 0 Å². The Bertz CT molecular complexity index is 2420. The van der Waals surface area contributed by atoms with E-state index in [4.69, 9.17) is 9.98 Å². The monoisotopic (exact) mass is 596 g/mol. The van der Waals surface area contributed by atoms with Gasteiger partial charge in [0.05, 0.1) is 15.9 Å². The van der Waals surface area contributed by atoms with Gasteiger partial charge in [-0.2, -0.15) is 0 Å². The summed E-state index contributed by atoms with van der Waals surface area (Å²) in [5.74, 6) is 0. The second kappa shape index (κ2) is 10.8. The van der Waals surface area contributed by atoms with Gasteiger partial charge in [0.15, 0.2) is 0 Å². The lowest BCUT2D eigenvalue weighted by molar-refractivity contribution is 0.591. The molecule has 0 amide bonds. The zero-order valence-electron chi connectivity index (χ0n) is 25.6. The van der Waals surface area contributed by atoms with Crippen LogP contribution in [0.5, 0.6) is 0 Å². The van der Waals surface area contributed by atoms with Gasteiger partial charge in [-0.15, -0.1) is 11.3 Å². The second-order valence-corrected chi connectivity index (χ2v) is 13.7. The van der Waals surface area contributed by atoms with Crippen molar-refractivity contribution in [2.75, 3.05) is 0 Å². The Balaban J connectivity index is 1.29. The minimum Gasteiger partial charge on any atom is -0.256 e. The van der Waals surface area contributed by atoms with E-state index >= 15 is 0 Å². The summed E-state index contributed by atoms with van der Waals surface area (Å²) in [6.07, 6.45) is 2.01. The molecule has 8 rings (SSSR count). The number of aliphatic imine (C=N–C) groups is 1. The van der Waals surface area contributed by atoms with Crippen molar-refractivity contribution < 1.29 is 0 Å². The number of thiazole rings is 1. The Kier molecular flexibility index (Phi) is 6.58. The molecule has 0 fully saturated rings. The SMILES string of the molecule is CC(C)(C)c1cc(-c2cccc3ccccc23)c2nc(-c3ccccc3N=Cc3cc4ccccc4c4ccccc34)sc2c1. The Labute approximate surface area is 267 Å². The molecular weight excluding hydrogens is 565 g/mol. The van der Waals surface area contributed by atoms with Crippen LogP contribution in [0.4, 0.5) is 5.69 Å². The van der Waals surface area contributed by atoms with E-state index in [0.29, 0.717) is 0 Å². The van der Waals surface area contributed by atoms with Gasteiger partial charge >= 0.3 is 0 Å². The molecule has 2 nitrogen and oxygen atoms in total. The molecule has 0 aliphatic heterocycles. The second-order valence-electron chi connectivity index (χ2n) is 12.7. The number of nitrogens with zero attached hydrogens (tertiary/aromatic N) is 2. The summed E-state index contributed by atoms with van der Waals surface area (Å²) >= 11 is 1.75. The molecule has 0 spiro atoms. The van der Waals surface area contributed by atoms with Crippen LogP contribution in [0.3, 0.4) is 0 Å². The van der Waals surface area contributed by atoms with Crippen molar-refractivity contribution >= 4 is 65.8 Å². The van der Waals surface area contributed by atoms with Crippen LogP contribution in [0.1, 0.15) is 31.9 Å². The van der Waals surface area contributed by atoms with Gasteiger partial charge in [-0.25, -0.2) is 4.98 Å². The molecule has 0 saturated heterocycles. The fraction of sp³-hybridized carbons (Fsp3) is 0.0952. The maximum atomic E-state index is 5.34. The first-order valence-corrected chi connectivity index (χ1v) is 16.2. The highest BCUT2D eigenvalue weighted by Crippen LogP contribution is 2.43. The third-order valence-electron chi connectivity index (χ3n) is 8.72. The van der Waals surface area contributed by atoms with Crippen LogP contribution in [-0.2, 0) is 5.41 Å². The van der Waals surface area contributed by atoms with E-state index in [1.165, 1.54) is 53.7 Å². The number of benzene rings is 7. The molecule has 0 atom stereocenters. The molecule has 0 unspecified atom stereocenters. The van der Waals surface area contributed by atoms with Crippen LogP contribution >= 0.6 is 11.3 Å². The summed E-state index contributed by atoms with van der Waals surface area (Å²) in [5, 5.41) is 8.38. The molecule has 1 heterocycles. The Morgan fingerprint density at radius 3 is 2.04 bits per heavy atom. The van der Waals surface area contributed by atoms with E-state index < -0.39 is 0 Å². The van der Waals surface area contributed by atoms with Crippen LogP contribution in [0.15, 0.2) is 138 Å². The van der Waals surface area contributed by atoms with E-state index in [-0.39, 0.29) is 5.41 Å². The Hall–Kier alpha value is -5.12. The average Bonchev–Trinajstić information content (AvgIpc) is 3.51. The molecule has 8 aromatic rings. The fourth-order valence-corrected chi connectivity index (χ4v) is 7.41. The number of aromatic nitrogens is 1. The molecule has 0 bridgehead atoms. The first-order chi connectivity index (χ1) is 21.9. The van der Waals surface area contributed by atoms with Crippen LogP contribution in [0.25, 0.3) is 64.2 Å². The number of hydrogen-bond donors (Lipinski definition) is 0. The summed E-state index contributed by atoms with van der Waals surface area (Å²) in [5.41, 5.74) is 7.81. The van der Waals surface area contributed by atoms with Crippen molar-refractivity contribution in [2.45, 2.75) is 26.2 Å². The van der Waals surface area contributed by atoms with Gasteiger partial charge in [-0.05, 0) is 79.2 Å². The molecular formula is C42H32N2S. The summed E-state index contributed by atoms with van der Waals surface area (Å²) in [4.78, 5) is 10.4. The maximum absolute atomic E-state index is 5.34. The normalized spacial score (nSPS) is 12.2. The van der Waals surface area contributed by atoms with E-state index in [2.05, 4.69) is 154 Å². The molecule has 45 heavy (non-hydrogen) atoms. The predicted octanol–water partition coefficient (Wildman–Crippen LogP) is 12.1. The zero-order chi connectivity index (χ0) is 30.5. The molecule has 216 valence electrons. The maximum Gasteiger partial charge on any atom is 0.126 e. The Morgan fingerprint density at radius 1 is 0.578 bits per heavy atom. The van der Waals surface area contributed by atoms with Crippen molar-refractivity contribution in [1.82, 2.24) is 4.98 Å². The number of para-hydroxylation sites is 1. The topological polar surface area (TPSA) is 25.2 Å². The van der Waals surface area contributed by atoms with Gasteiger partial charge < -0.3 is 0 Å². The van der Waals surface area contributed by atoms with Crippen LogP contribution < -0.4 is 0 Å². The molecule has 0 saturated carbocycles. The van der Waals surface area contributed by atoms with Gasteiger partial charge in [-0.1, -0.05) is 124 Å². The lowest BCUT2D eigenvalue weighted by atomic mass is 9.84. The molecule has 0 N–H and O–H groups in total. The Morgan fingerprint density at radius 2 is 1.22 bits per heavy atom. The van der Waals surface area contributed by atoms with E-state index in [1.54, 1.807) is 11.3 Å². The largest absolute Gasteiger partial charge is 0.256 e. The van der Waals surface area contributed by atoms with Crippen LogP contribution in [0, 0.1) is 0 Å². The summed E-state index contributed by atoms with van der Waals surface area (Å²) < 4.78 is 1.19. The predicted molar refractivity (Wildman–Crippen MR) is 195 cm³/mol. The summed E-state index contributed by atoms with van der Waals surface area (Å²) in [6.45, 7) is 6.84. The highest BCUT2D eigenvalue weighted by molar-refractivity contribution is 7.21. The van der Waals surface area contributed by atoms with Crippen LogP contribution in [-0.4, -0.2) is 11.2 Å².